The Morgan fingerprint density at radius 3 is 2.67 bits per heavy atom. The van der Waals surface area contributed by atoms with Crippen LogP contribution in [0.3, 0.4) is 0 Å². The highest BCUT2D eigenvalue weighted by molar-refractivity contribution is 5.94. The van der Waals surface area contributed by atoms with Crippen LogP contribution in [-0.2, 0) is 0 Å². The Bertz CT molecular complexity index is 680. The number of carbonyl (C=O) groups is 1. The average molecular weight is 285 g/mol. The molecule has 0 saturated heterocycles. The maximum absolute atomic E-state index is 11.3. The molecule has 5 nitrogen and oxygen atoms in total. The number of rotatable bonds is 5. The number of hydrogen-bond acceptors (Lipinski definition) is 4. The summed E-state index contributed by atoms with van der Waals surface area (Å²) < 4.78 is 0. The molecule has 0 radical (unpaired) electrons. The Labute approximate surface area is 123 Å². The molecule has 1 aliphatic carbocycles. The summed E-state index contributed by atoms with van der Waals surface area (Å²) in [5, 5.41) is 10.2. The predicted molar refractivity (Wildman–Crippen MR) is 81.7 cm³/mol. The van der Waals surface area contributed by atoms with Gasteiger partial charge in [-0.3, -0.25) is 0 Å². The van der Waals surface area contributed by atoms with Crippen LogP contribution in [0.4, 0.5) is 5.82 Å². The molecular formula is C16H19N3O2. The van der Waals surface area contributed by atoms with Gasteiger partial charge in [-0.25, -0.2) is 14.8 Å². The fraction of sp³-hybridized carbons (Fsp3) is 0.438. The van der Waals surface area contributed by atoms with Crippen molar-refractivity contribution in [2.24, 2.45) is 5.92 Å². The summed E-state index contributed by atoms with van der Waals surface area (Å²) in [7, 11) is 0. The van der Waals surface area contributed by atoms with Crippen LogP contribution in [0.2, 0.25) is 0 Å². The van der Waals surface area contributed by atoms with E-state index in [1.165, 1.54) is 12.8 Å². The van der Waals surface area contributed by atoms with Crippen LogP contribution in [0.25, 0.3) is 10.9 Å². The van der Waals surface area contributed by atoms with E-state index in [0.717, 1.165) is 17.7 Å². The van der Waals surface area contributed by atoms with Gasteiger partial charge in [0.2, 0.25) is 5.82 Å². The van der Waals surface area contributed by atoms with Crippen LogP contribution in [0.5, 0.6) is 0 Å². The first-order chi connectivity index (χ1) is 10.1. The molecule has 1 heterocycles. The summed E-state index contributed by atoms with van der Waals surface area (Å²) in [5.74, 6) is 0.219. The average Bonchev–Trinajstić information content (AvgIpc) is 3.27. The van der Waals surface area contributed by atoms with E-state index in [9.17, 15) is 9.90 Å². The van der Waals surface area contributed by atoms with Crippen LogP contribution in [0.15, 0.2) is 24.3 Å². The molecule has 2 aromatic rings. The van der Waals surface area contributed by atoms with Gasteiger partial charge in [-0.15, -0.1) is 0 Å². The lowest BCUT2D eigenvalue weighted by atomic mass is 10.2. The van der Waals surface area contributed by atoms with E-state index < -0.39 is 5.97 Å². The normalized spacial score (nSPS) is 14.6. The number of anilines is 1. The minimum absolute atomic E-state index is 0.134. The first-order valence-corrected chi connectivity index (χ1v) is 7.33. The lowest BCUT2D eigenvalue weighted by Crippen LogP contribution is -2.34. The van der Waals surface area contributed by atoms with Crippen LogP contribution < -0.4 is 4.90 Å². The van der Waals surface area contributed by atoms with Crippen molar-refractivity contribution in [1.82, 2.24) is 9.97 Å². The predicted octanol–water partition coefficient (Wildman–Crippen LogP) is 2.95. The van der Waals surface area contributed by atoms with Crippen molar-refractivity contribution in [1.29, 1.82) is 0 Å². The summed E-state index contributed by atoms with van der Waals surface area (Å²) in [4.78, 5) is 21.9. The summed E-state index contributed by atoms with van der Waals surface area (Å²) in [6, 6.07) is 7.86. The molecule has 5 heteroatoms. The highest BCUT2D eigenvalue weighted by Gasteiger charge is 2.28. The molecule has 1 aliphatic rings. The molecule has 0 spiro atoms. The van der Waals surface area contributed by atoms with Crippen LogP contribution in [0, 0.1) is 5.92 Å². The van der Waals surface area contributed by atoms with Gasteiger partial charge in [-0.2, -0.15) is 0 Å². The van der Waals surface area contributed by atoms with Gasteiger partial charge in [-0.05, 0) is 44.7 Å². The molecule has 1 aromatic carbocycles. The number of carboxylic acid groups (broad SMARTS) is 1. The van der Waals surface area contributed by atoms with E-state index in [2.05, 4.69) is 28.7 Å². The van der Waals surface area contributed by atoms with Gasteiger partial charge in [0.1, 0.15) is 5.82 Å². The summed E-state index contributed by atoms with van der Waals surface area (Å²) in [6.45, 7) is 5.15. The molecule has 3 rings (SSSR count). The van der Waals surface area contributed by atoms with Crippen molar-refractivity contribution in [2.45, 2.75) is 32.7 Å². The van der Waals surface area contributed by atoms with Crippen LogP contribution in [0.1, 0.15) is 37.3 Å². The van der Waals surface area contributed by atoms with Crippen LogP contribution >= 0.6 is 0 Å². The Morgan fingerprint density at radius 1 is 1.33 bits per heavy atom. The van der Waals surface area contributed by atoms with E-state index in [-0.39, 0.29) is 11.9 Å². The van der Waals surface area contributed by atoms with Gasteiger partial charge < -0.3 is 10.0 Å². The largest absolute Gasteiger partial charge is 0.475 e. The minimum atomic E-state index is -1.09. The second-order valence-corrected chi connectivity index (χ2v) is 5.88. The van der Waals surface area contributed by atoms with E-state index in [0.29, 0.717) is 11.4 Å². The molecule has 1 saturated carbocycles. The zero-order valence-corrected chi connectivity index (χ0v) is 12.3. The molecule has 0 unspecified atom stereocenters. The molecule has 1 aromatic heterocycles. The highest BCUT2D eigenvalue weighted by atomic mass is 16.4. The number of para-hydroxylation sites is 1. The number of fused-ring (bicyclic) bond motifs is 1. The Balaban J connectivity index is 2.14. The maximum atomic E-state index is 11.3. The van der Waals surface area contributed by atoms with E-state index in [1.807, 2.05) is 24.3 Å². The summed E-state index contributed by atoms with van der Waals surface area (Å²) >= 11 is 0. The zero-order valence-electron chi connectivity index (χ0n) is 12.3. The SMILES string of the molecule is CC(C)N(CC1CC1)c1nc(C(=O)O)nc2ccccc12. The quantitative estimate of drug-likeness (QED) is 0.915. The lowest BCUT2D eigenvalue weighted by molar-refractivity contribution is 0.0684. The number of nitrogens with zero attached hydrogens (tertiary/aromatic N) is 3. The molecule has 110 valence electrons. The topological polar surface area (TPSA) is 66.3 Å². The number of aromatic nitrogens is 2. The van der Waals surface area contributed by atoms with Crippen molar-refractivity contribution in [2.75, 3.05) is 11.4 Å². The summed E-state index contributed by atoms with van der Waals surface area (Å²) in [6.07, 6.45) is 2.50. The van der Waals surface area contributed by atoms with Crippen LogP contribution in [-0.4, -0.2) is 33.6 Å². The molecule has 21 heavy (non-hydrogen) atoms. The van der Waals surface area contributed by atoms with Crippen molar-refractivity contribution in [3.05, 3.63) is 30.1 Å². The fourth-order valence-corrected chi connectivity index (χ4v) is 2.49. The van der Waals surface area contributed by atoms with Crippen molar-refractivity contribution in [3.63, 3.8) is 0 Å². The fourth-order valence-electron chi connectivity index (χ4n) is 2.49. The Hall–Kier alpha value is -2.17. The first kappa shape index (κ1) is 13.8. The molecule has 0 aliphatic heterocycles. The summed E-state index contributed by atoms with van der Waals surface area (Å²) in [5.41, 5.74) is 0.682. The first-order valence-electron chi connectivity index (χ1n) is 7.33. The molecular weight excluding hydrogens is 266 g/mol. The standard InChI is InChI=1S/C16H19N3O2/c1-10(2)19(9-11-7-8-11)15-12-5-3-4-6-13(12)17-14(18-15)16(20)21/h3-6,10-11H,7-9H2,1-2H3,(H,20,21). The second-order valence-electron chi connectivity index (χ2n) is 5.88. The molecule has 1 fully saturated rings. The Morgan fingerprint density at radius 2 is 2.05 bits per heavy atom. The molecule has 0 atom stereocenters. The lowest BCUT2D eigenvalue weighted by Gasteiger charge is -2.29. The van der Waals surface area contributed by atoms with Gasteiger partial charge in [0.05, 0.1) is 5.52 Å². The van der Waals surface area contributed by atoms with Gasteiger partial charge >= 0.3 is 5.97 Å². The van der Waals surface area contributed by atoms with Gasteiger partial charge in [0.15, 0.2) is 0 Å². The van der Waals surface area contributed by atoms with E-state index in [4.69, 9.17) is 0 Å². The van der Waals surface area contributed by atoms with Gasteiger partial charge in [0, 0.05) is 18.0 Å². The van der Waals surface area contributed by atoms with E-state index in [1.54, 1.807) is 0 Å². The molecule has 0 amide bonds. The van der Waals surface area contributed by atoms with Crippen molar-refractivity contribution < 1.29 is 9.90 Å². The number of benzene rings is 1. The zero-order chi connectivity index (χ0) is 15.0. The monoisotopic (exact) mass is 285 g/mol. The second kappa shape index (κ2) is 5.31. The van der Waals surface area contributed by atoms with Crippen molar-refractivity contribution >= 4 is 22.7 Å². The number of carboxylic acids is 1. The van der Waals surface area contributed by atoms with E-state index >= 15 is 0 Å². The smallest absolute Gasteiger partial charge is 0.374 e. The molecule has 1 N–H and O–H groups in total. The number of hydrogen-bond donors (Lipinski definition) is 1. The molecule has 0 bridgehead atoms. The van der Waals surface area contributed by atoms with Gasteiger partial charge in [0.25, 0.3) is 0 Å². The third-order valence-corrected chi connectivity index (χ3v) is 3.82. The number of aromatic carboxylic acids is 1. The van der Waals surface area contributed by atoms with Gasteiger partial charge in [-0.1, -0.05) is 12.1 Å². The Kier molecular flexibility index (Phi) is 3.49. The third kappa shape index (κ3) is 2.82. The minimum Gasteiger partial charge on any atom is -0.475 e. The maximum Gasteiger partial charge on any atom is 0.374 e. The van der Waals surface area contributed by atoms with Crippen molar-refractivity contribution in [3.8, 4) is 0 Å². The third-order valence-electron chi connectivity index (χ3n) is 3.82. The highest BCUT2D eigenvalue weighted by Crippen LogP contribution is 2.33.